The Morgan fingerprint density at radius 2 is 2.12 bits per heavy atom. The second-order valence-electron chi connectivity index (χ2n) is 5.04. The van der Waals surface area contributed by atoms with Gasteiger partial charge in [0, 0.05) is 26.2 Å². The molecule has 0 radical (unpaired) electrons. The molecule has 0 atom stereocenters. The zero-order chi connectivity index (χ0) is 11.3. The summed E-state index contributed by atoms with van der Waals surface area (Å²) in [6.07, 6.45) is 7.16. The summed E-state index contributed by atoms with van der Waals surface area (Å²) in [6.45, 7) is 3.22. The van der Waals surface area contributed by atoms with Crippen LogP contribution in [0.1, 0.15) is 38.5 Å². The number of aliphatic hydroxyl groups is 1. The first-order valence-corrected chi connectivity index (χ1v) is 6.48. The van der Waals surface area contributed by atoms with E-state index in [1.807, 2.05) is 0 Å². The van der Waals surface area contributed by atoms with Crippen molar-refractivity contribution in [3.05, 3.63) is 0 Å². The second kappa shape index (κ2) is 5.53. The molecule has 0 aromatic heterocycles. The topological polar surface area (TPSA) is 56.6 Å². The van der Waals surface area contributed by atoms with E-state index in [1.54, 1.807) is 0 Å². The van der Waals surface area contributed by atoms with E-state index in [0.717, 1.165) is 38.4 Å². The summed E-state index contributed by atoms with van der Waals surface area (Å²) in [6, 6.07) is 0. The maximum absolute atomic E-state index is 9.16. The molecule has 92 valence electrons. The van der Waals surface area contributed by atoms with Crippen molar-refractivity contribution in [3.8, 4) is 0 Å². The van der Waals surface area contributed by atoms with Gasteiger partial charge in [-0.2, -0.15) is 0 Å². The van der Waals surface area contributed by atoms with Crippen molar-refractivity contribution in [1.29, 1.82) is 0 Å². The number of hydrogen-bond donors (Lipinski definition) is 3. The van der Waals surface area contributed by atoms with Crippen LogP contribution in [0, 0.1) is 5.41 Å². The lowest BCUT2D eigenvalue weighted by Crippen LogP contribution is -2.45. The van der Waals surface area contributed by atoms with Gasteiger partial charge < -0.3 is 15.7 Å². The maximum atomic E-state index is 9.16. The minimum atomic E-state index is 0.307. The summed E-state index contributed by atoms with van der Waals surface area (Å²) >= 11 is 0. The maximum Gasteiger partial charge on any atom is 0.191 e. The number of guanidine groups is 1. The molecule has 1 aliphatic heterocycles. The van der Waals surface area contributed by atoms with Crippen molar-refractivity contribution in [3.63, 3.8) is 0 Å². The molecule has 4 heteroatoms. The molecule has 2 rings (SSSR count). The van der Waals surface area contributed by atoms with Gasteiger partial charge in [0.05, 0.1) is 0 Å². The van der Waals surface area contributed by atoms with E-state index in [-0.39, 0.29) is 0 Å². The quantitative estimate of drug-likeness (QED) is 0.665. The molecule has 4 nitrogen and oxygen atoms in total. The van der Waals surface area contributed by atoms with Crippen LogP contribution in [0.5, 0.6) is 0 Å². The van der Waals surface area contributed by atoms with Gasteiger partial charge in [0.2, 0.25) is 0 Å². The Hall–Kier alpha value is -0.770. The molecule has 0 bridgehead atoms. The van der Waals surface area contributed by atoms with Crippen LogP contribution in [-0.4, -0.2) is 37.3 Å². The summed E-state index contributed by atoms with van der Waals surface area (Å²) < 4.78 is 0. The normalized spacial score (nSPS) is 23.7. The van der Waals surface area contributed by atoms with Gasteiger partial charge in [-0.25, -0.2) is 0 Å². The van der Waals surface area contributed by atoms with Gasteiger partial charge in [-0.1, -0.05) is 12.8 Å². The van der Waals surface area contributed by atoms with Crippen LogP contribution < -0.4 is 10.6 Å². The highest BCUT2D eigenvalue weighted by atomic mass is 16.3. The lowest BCUT2D eigenvalue weighted by molar-refractivity contribution is 0.185. The summed E-state index contributed by atoms with van der Waals surface area (Å²) in [5, 5.41) is 15.9. The van der Waals surface area contributed by atoms with Crippen LogP contribution in [0.2, 0.25) is 0 Å². The highest BCUT2D eigenvalue weighted by Crippen LogP contribution is 2.40. The van der Waals surface area contributed by atoms with Crippen LogP contribution in [0.4, 0.5) is 0 Å². The van der Waals surface area contributed by atoms with Gasteiger partial charge in [0.15, 0.2) is 5.96 Å². The molecule has 1 heterocycles. The first-order chi connectivity index (χ1) is 7.85. The van der Waals surface area contributed by atoms with E-state index >= 15 is 0 Å². The fourth-order valence-electron chi connectivity index (χ4n) is 2.80. The largest absolute Gasteiger partial charge is 0.396 e. The summed E-state index contributed by atoms with van der Waals surface area (Å²) in [5.41, 5.74) is 0.316. The van der Waals surface area contributed by atoms with Gasteiger partial charge in [0.25, 0.3) is 0 Å². The minimum absolute atomic E-state index is 0.307. The number of hydrogen-bond acceptors (Lipinski definition) is 4. The Bertz CT molecular complexity index is 247. The van der Waals surface area contributed by atoms with Crippen molar-refractivity contribution in [1.82, 2.24) is 10.6 Å². The van der Waals surface area contributed by atoms with Gasteiger partial charge in [-0.05, 0) is 31.1 Å². The fourth-order valence-corrected chi connectivity index (χ4v) is 2.80. The SMILES string of the molecule is OCCC1(CNC2=NCCCN2)CCCC1. The predicted octanol–water partition coefficient (Wildman–Crippen LogP) is 0.868. The first-order valence-electron chi connectivity index (χ1n) is 6.48. The molecule has 0 saturated heterocycles. The van der Waals surface area contributed by atoms with Crippen molar-refractivity contribution in [2.24, 2.45) is 10.4 Å². The number of rotatable bonds is 4. The van der Waals surface area contributed by atoms with Gasteiger partial charge >= 0.3 is 0 Å². The van der Waals surface area contributed by atoms with E-state index in [4.69, 9.17) is 5.11 Å². The second-order valence-corrected chi connectivity index (χ2v) is 5.04. The first kappa shape index (κ1) is 11.7. The Morgan fingerprint density at radius 1 is 1.31 bits per heavy atom. The molecule has 0 aromatic rings. The van der Waals surface area contributed by atoms with E-state index in [0.29, 0.717) is 12.0 Å². The molecule has 0 spiro atoms. The Balaban J connectivity index is 1.83. The summed E-state index contributed by atoms with van der Waals surface area (Å²) in [5.74, 6) is 0.954. The van der Waals surface area contributed by atoms with Crippen molar-refractivity contribution in [2.45, 2.75) is 38.5 Å². The van der Waals surface area contributed by atoms with Crippen LogP contribution in [0.3, 0.4) is 0 Å². The van der Waals surface area contributed by atoms with E-state index < -0.39 is 0 Å². The molecule has 0 aromatic carbocycles. The lowest BCUT2D eigenvalue weighted by Gasteiger charge is -2.30. The van der Waals surface area contributed by atoms with Crippen LogP contribution >= 0.6 is 0 Å². The Kier molecular flexibility index (Phi) is 4.04. The third-order valence-corrected chi connectivity index (χ3v) is 3.83. The molecule has 1 fully saturated rings. The molecule has 2 aliphatic rings. The monoisotopic (exact) mass is 225 g/mol. The molecule has 16 heavy (non-hydrogen) atoms. The van der Waals surface area contributed by atoms with Crippen molar-refractivity contribution in [2.75, 3.05) is 26.2 Å². The molecule has 3 N–H and O–H groups in total. The van der Waals surface area contributed by atoms with Crippen LogP contribution in [0.15, 0.2) is 4.99 Å². The molecular formula is C12H23N3O. The number of nitrogens with zero attached hydrogens (tertiary/aromatic N) is 1. The summed E-state index contributed by atoms with van der Waals surface area (Å²) in [4.78, 5) is 4.41. The average Bonchev–Trinajstić information content (AvgIpc) is 2.78. The smallest absolute Gasteiger partial charge is 0.191 e. The van der Waals surface area contributed by atoms with Gasteiger partial charge in [-0.15, -0.1) is 0 Å². The van der Waals surface area contributed by atoms with Crippen LogP contribution in [0.25, 0.3) is 0 Å². The molecule has 0 unspecified atom stereocenters. The standard InChI is InChI=1S/C12H23N3O/c16-9-6-12(4-1-2-5-12)10-15-11-13-7-3-8-14-11/h16H,1-10H2,(H2,13,14,15). The van der Waals surface area contributed by atoms with Gasteiger partial charge in [0.1, 0.15) is 0 Å². The number of aliphatic hydroxyl groups excluding tert-OH is 1. The lowest BCUT2D eigenvalue weighted by atomic mass is 9.83. The number of nitrogens with one attached hydrogen (secondary N) is 2. The van der Waals surface area contributed by atoms with Crippen molar-refractivity contribution < 1.29 is 5.11 Å². The Morgan fingerprint density at radius 3 is 2.75 bits per heavy atom. The van der Waals surface area contributed by atoms with E-state index in [9.17, 15) is 0 Å². The highest BCUT2D eigenvalue weighted by molar-refractivity contribution is 5.80. The molecule has 1 aliphatic carbocycles. The Labute approximate surface area is 97.5 Å². The third kappa shape index (κ3) is 2.88. The number of aliphatic imine (C=N–C) groups is 1. The zero-order valence-corrected chi connectivity index (χ0v) is 9.97. The minimum Gasteiger partial charge on any atom is -0.396 e. The van der Waals surface area contributed by atoms with Crippen molar-refractivity contribution >= 4 is 5.96 Å². The fraction of sp³-hybridized carbons (Fsp3) is 0.917. The highest BCUT2D eigenvalue weighted by Gasteiger charge is 2.33. The summed E-state index contributed by atoms with van der Waals surface area (Å²) in [7, 11) is 0. The average molecular weight is 225 g/mol. The van der Waals surface area contributed by atoms with E-state index in [2.05, 4.69) is 15.6 Å². The molecular weight excluding hydrogens is 202 g/mol. The van der Waals surface area contributed by atoms with Gasteiger partial charge in [-0.3, -0.25) is 4.99 Å². The molecule has 0 amide bonds. The van der Waals surface area contributed by atoms with E-state index in [1.165, 1.54) is 25.7 Å². The predicted molar refractivity (Wildman–Crippen MR) is 65.5 cm³/mol. The zero-order valence-electron chi connectivity index (χ0n) is 9.97. The molecule has 1 saturated carbocycles. The van der Waals surface area contributed by atoms with Crippen LogP contribution in [-0.2, 0) is 0 Å². The third-order valence-electron chi connectivity index (χ3n) is 3.83.